The van der Waals surface area contributed by atoms with E-state index in [0.717, 1.165) is 16.7 Å². The quantitative estimate of drug-likeness (QED) is 0.730. The molecule has 1 aliphatic rings. The zero-order valence-corrected chi connectivity index (χ0v) is 12.4. The number of fused-ring (bicyclic) bond motifs is 1. The van der Waals surface area contributed by atoms with Crippen LogP contribution in [-0.2, 0) is 6.42 Å². The van der Waals surface area contributed by atoms with Crippen molar-refractivity contribution >= 4 is 5.65 Å². The van der Waals surface area contributed by atoms with Gasteiger partial charge in [-0.1, -0.05) is 12.1 Å². The van der Waals surface area contributed by atoms with Crippen molar-refractivity contribution in [2.45, 2.75) is 25.7 Å². The van der Waals surface area contributed by atoms with E-state index in [1.54, 1.807) is 22.7 Å². The van der Waals surface area contributed by atoms with Gasteiger partial charge < -0.3 is 0 Å². The maximum atomic E-state index is 13.1. The highest BCUT2D eigenvalue weighted by Gasteiger charge is 2.56. The molecule has 0 amide bonds. The average Bonchev–Trinajstić information content (AvgIpc) is 2.92. The molecule has 0 N–H and O–H groups in total. The number of nitrogens with zero attached hydrogens (tertiary/aromatic N) is 3. The lowest BCUT2D eigenvalue weighted by Gasteiger charge is -2.08. The van der Waals surface area contributed by atoms with Gasteiger partial charge in [0.1, 0.15) is 11.6 Å². The fourth-order valence-electron chi connectivity index (χ4n) is 2.92. The Morgan fingerprint density at radius 3 is 2.52 bits per heavy atom. The van der Waals surface area contributed by atoms with Crippen molar-refractivity contribution in [2.24, 2.45) is 5.92 Å². The van der Waals surface area contributed by atoms with Gasteiger partial charge in [0, 0.05) is 30.5 Å². The average molecular weight is 317 g/mol. The zero-order chi connectivity index (χ0) is 16.2. The molecule has 118 valence electrons. The Balaban J connectivity index is 1.73. The van der Waals surface area contributed by atoms with E-state index in [1.165, 1.54) is 12.1 Å². The predicted molar refractivity (Wildman–Crippen MR) is 79.9 cm³/mol. The first-order valence-electron chi connectivity index (χ1n) is 7.43. The summed E-state index contributed by atoms with van der Waals surface area (Å²) in [6, 6.07) is 8.10. The molecule has 6 heteroatoms. The lowest BCUT2D eigenvalue weighted by Crippen LogP contribution is -2.02. The number of rotatable bonds is 3. The van der Waals surface area contributed by atoms with Crippen molar-refractivity contribution in [1.82, 2.24) is 14.6 Å². The Bertz CT molecular complexity index is 884. The molecule has 1 saturated carbocycles. The van der Waals surface area contributed by atoms with E-state index in [0.29, 0.717) is 11.5 Å². The Kier molecular flexibility index (Phi) is 2.98. The molecule has 1 aliphatic carbocycles. The Labute approximate surface area is 130 Å². The molecule has 1 atom stereocenters. The SMILES string of the molecule is Cc1c(-c2ccc(F)cc2)ccn2c(CC3CC3(F)F)nnc12. The molecule has 0 aliphatic heterocycles. The summed E-state index contributed by atoms with van der Waals surface area (Å²) in [5.74, 6) is -2.93. The Morgan fingerprint density at radius 1 is 1.17 bits per heavy atom. The van der Waals surface area contributed by atoms with Crippen molar-refractivity contribution < 1.29 is 13.2 Å². The smallest absolute Gasteiger partial charge is 0.252 e. The van der Waals surface area contributed by atoms with E-state index in [9.17, 15) is 13.2 Å². The van der Waals surface area contributed by atoms with Crippen molar-refractivity contribution in [1.29, 1.82) is 0 Å². The number of hydrogen-bond donors (Lipinski definition) is 0. The number of aromatic nitrogens is 3. The second kappa shape index (κ2) is 4.81. The number of aryl methyl sites for hydroxylation is 1. The number of halogens is 3. The van der Waals surface area contributed by atoms with Crippen LogP contribution in [0.2, 0.25) is 0 Å². The number of hydrogen-bond acceptors (Lipinski definition) is 2. The van der Waals surface area contributed by atoms with Crippen LogP contribution >= 0.6 is 0 Å². The minimum absolute atomic E-state index is 0.0748. The van der Waals surface area contributed by atoms with Crippen LogP contribution in [0.15, 0.2) is 36.5 Å². The third-order valence-corrected chi connectivity index (χ3v) is 4.44. The van der Waals surface area contributed by atoms with Crippen LogP contribution in [0.25, 0.3) is 16.8 Å². The zero-order valence-electron chi connectivity index (χ0n) is 12.4. The molecule has 0 bridgehead atoms. The van der Waals surface area contributed by atoms with Crippen molar-refractivity contribution in [3.63, 3.8) is 0 Å². The maximum absolute atomic E-state index is 13.1. The standard InChI is InChI=1S/C17H14F3N3/c1-10-14(11-2-4-13(18)5-3-11)6-7-23-15(21-22-16(10)23)8-12-9-17(12,19)20/h2-7,12H,8-9H2,1H3. The lowest BCUT2D eigenvalue weighted by molar-refractivity contribution is 0.0984. The maximum Gasteiger partial charge on any atom is 0.252 e. The molecular weight excluding hydrogens is 303 g/mol. The Morgan fingerprint density at radius 2 is 1.87 bits per heavy atom. The monoisotopic (exact) mass is 317 g/mol. The van der Waals surface area contributed by atoms with E-state index >= 15 is 0 Å². The fraction of sp³-hybridized carbons (Fsp3) is 0.294. The third kappa shape index (κ3) is 2.38. The topological polar surface area (TPSA) is 30.2 Å². The normalized spacial score (nSPS) is 19.2. The minimum Gasteiger partial charge on any atom is -0.286 e. The third-order valence-electron chi connectivity index (χ3n) is 4.44. The van der Waals surface area contributed by atoms with Gasteiger partial charge in [0.25, 0.3) is 5.92 Å². The molecule has 1 unspecified atom stereocenters. The number of benzene rings is 1. The molecule has 1 fully saturated rings. The minimum atomic E-state index is -2.56. The molecule has 0 radical (unpaired) electrons. The highest BCUT2D eigenvalue weighted by Crippen LogP contribution is 2.50. The summed E-state index contributed by atoms with van der Waals surface area (Å²) in [5.41, 5.74) is 3.34. The van der Waals surface area contributed by atoms with Gasteiger partial charge in [-0.25, -0.2) is 13.2 Å². The lowest BCUT2D eigenvalue weighted by atomic mass is 10.0. The van der Waals surface area contributed by atoms with E-state index in [1.807, 2.05) is 13.0 Å². The molecule has 3 nitrogen and oxygen atoms in total. The molecule has 1 aromatic carbocycles. The van der Waals surface area contributed by atoms with Gasteiger partial charge in [-0.2, -0.15) is 0 Å². The summed E-state index contributed by atoms with van der Waals surface area (Å²) in [7, 11) is 0. The molecule has 23 heavy (non-hydrogen) atoms. The van der Waals surface area contributed by atoms with Crippen LogP contribution in [0.3, 0.4) is 0 Å². The molecule has 2 aromatic heterocycles. The first-order valence-corrected chi connectivity index (χ1v) is 7.43. The van der Waals surface area contributed by atoms with Gasteiger partial charge in [0.05, 0.1) is 0 Å². The van der Waals surface area contributed by atoms with Gasteiger partial charge in [-0.05, 0) is 36.2 Å². The van der Waals surface area contributed by atoms with Crippen LogP contribution < -0.4 is 0 Å². The second-order valence-corrected chi connectivity index (χ2v) is 6.04. The van der Waals surface area contributed by atoms with E-state index < -0.39 is 11.8 Å². The van der Waals surface area contributed by atoms with Crippen LogP contribution in [-0.4, -0.2) is 20.5 Å². The number of pyridine rings is 1. The highest BCUT2D eigenvalue weighted by molar-refractivity contribution is 5.72. The molecule has 2 heterocycles. The molecule has 0 saturated heterocycles. The van der Waals surface area contributed by atoms with Gasteiger partial charge in [0.2, 0.25) is 0 Å². The number of alkyl halides is 2. The molecule has 0 spiro atoms. The highest BCUT2D eigenvalue weighted by atomic mass is 19.3. The summed E-state index contributed by atoms with van der Waals surface area (Å²) < 4.78 is 41.0. The Hall–Kier alpha value is -2.37. The predicted octanol–water partition coefficient (Wildman–Crippen LogP) is 4.04. The van der Waals surface area contributed by atoms with Crippen molar-refractivity contribution in [2.75, 3.05) is 0 Å². The van der Waals surface area contributed by atoms with Crippen molar-refractivity contribution in [3.8, 4) is 11.1 Å². The molecule has 4 rings (SSSR count). The summed E-state index contributed by atoms with van der Waals surface area (Å²) in [4.78, 5) is 0. The molecule has 3 aromatic rings. The van der Waals surface area contributed by atoms with Crippen LogP contribution in [0.5, 0.6) is 0 Å². The summed E-state index contributed by atoms with van der Waals surface area (Å²) in [6.45, 7) is 1.90. The van der Waals surface area contributed by atoms with Crippen LogP contribution in [0.4, 0.5) is 13.2 Å². The van der Waals surface area contributed by atoms with Crippen molar-refractivity contribution in [3.05, 3.63) is 53.7 Å². The van der Waals surface area contributed by atoms with E-state index in [2.05, 4.69) is 10.2 Å². The van der Waals surface area contributed by atoms with Gasteiger partial charge >= 0.3 is 0 Å². The van der Waals surface area contributed by atoms with Gasteiger partial charge in [0.15, 0.2) is 5.65 Å². The van der Waals surface area contributed by atoms with Crippen LogP contribution in [0, 0.1) is 18.7 Å². The van der Waals surface area contributed by atoms with Gasteiger partial charge in [-0.3, -0.25) is 4.40 Å². The summed E-state index contributed by atoms with van der Waals surface area (Å²) in [6.07, 6.45) is 1.94. The first-order chi connectivity index (χ1) is 11.0. The first kappa shape index (κ1) is 14.2. The van der Waals surface area contributed by atoms with E-state index in [-0.39, 0.29) is 18.7 Å². The van der Waals surface area contributed by atoms with E-state index in [4.69, 9.17) is 0 Å². The molecular formula is C17H14F3N3. The van der Waals surface area contributed by atoms with Gasteiger partial charge in [-0.15, -0.1) is 10.2 Å². The fourth-order valence-corrected chi connectivity index (χ4v) is 2.92. The largest absolute Gasteiger partial charge is 0.286 e. The summed E-state index contributed by atoms with van der Waals surface area (Å²) >= 11 is 0. The van der Waals surface area contributed by atoms with Crippen LogP contribution in [0.1, 0.15) is 17.8 Å². The second-order valence-electron chi connectivity index (χ2n) is 6.04. The summed E-state index contributed by atoms with van der Waals surface area (Å²) in [5, 5.41) is 8.21.